The summed E-state index contributed by atoms with van der Waals surface area (Å²) in [5.41, 5.74) is 2.11. The van der Waals surface area contributed by atoms with Crippen molar-refractivity contribution < 1.29 is 4.79 Å². The summed E-state index contributed by atoms with van der Waals surface area (Å²) in [5, 5.41) is 0.991. The number of hydrogen-bond acceptors (Lipinski definition) is 2. The summed E-state index contributed by atoms with van der Waals surface area (Å²) in [6.45, 7) is 0. The lowest BCUT2D eigenvalue weighted by atomic mass is 10.0. The fourth-order valence-corrected chi connectivity index (χ4v) is 4.71. The van der Waals surface area contributed by atoms with Crippen molar-refractivity contribution in [1.29, 1.82) is 0 Å². The molecule has 0 amide bonds. The predicted octanol–water partition coefficient (Wildman–Crippen LogP) is 5.68. The van der Waals surface area contributed by atoms with Crippen molar-refractivity contribution in [3.8, 4) is 0 Å². The summed E-state index contributed by atoms with van der Waals surface area (Å²) in [6, 6.07) is 20.2. The van der Waals surface area contributed by atoms with Crippen molar-refractivity contribution in [3.63, 3.8) is 0 Å². The number of hydrogen-bond donors (Lipinski definition) is 0. The van der Waals surface area contributed by atoms with Crippen LogP contribution in [0.1, 0.15) is 53.3 Å². The lowest BCUT2D eigenvalue weighted by molar-refractivity contribution is 0.0982. The summed E-state index contributed by atoms with van der Waals surface area (Å²) in [4.78, 5) is 12.6. The van der Waals surface area contributed by atoms with Gasteiger partial charge < -0.3 is 0 Å². The molecular formula is C20H22OS. The van der Waals surface area contributed by atoms with Gasteiger partial charge in [-0.05, 0) is 18.4 Å². The molecule has 1 fully saturated rings. The molecule has 0 aliphatic heterocycles. The van der Waals surface area contributed by atoms with E-state index in [1.54, 1.807) is 0 Å². The second kappa shape index (κ2) is 7.64. The maximum Gasteiger partial charge on any atom is 0.164 e. The number of rotatable bonds is 6. The van der Waals surface area contributed by atoms with Crippen LogP contribution in [-0.2, 0) is 0 Å². The molecule has 1 atom stereocenters. The minimum atomic E-state index is 0.250. The van der Waals surface area contributed by atoms with Gasteiger partial charge in [-0.3, -0.25) is 4.79 Å². The van der Waals surface area contributed by atoms with Crippen molar-refractivity contribution in [2.24, 2.45) is 0 Å². The van der Waals surface area contributed by atoms with Crippen LogP contribution in [0.5, 0.6) is 0 Å². The number of carbonyl (C=O) groups is 1. The van der Waals surface area contributed by atoms with Gasteiger partial charge in [0.15, 0.2) is 5.78 Å². The molecule has 0 bridgehead atoms. The Kier molecular flexibility index (Phi) is 5.33. The molecule has 0 unspecified atom stereocenters. The summed E-state index contributed by atoms with van der Waals surface area (Å²) >= 11 is 2.01. The highest BCUT2D eigenvalue weighted by Crippen LogP contribution is 2.41. The van der Waals surface area contributed by atoms with E-state index in [9.17, 15) is 4.79 Å². The minimum absolute atomic E-state index is 0.250. The highest BCUT2D eigenvalue weighted by Gasteiger charge is 2.24. The van der Waals surface area contributed by atoms with E-state index in [0.717, 1.165) is 5.56 Å². The Labute approximate surface area is 137 Å². The maximum atomic E-state index is 12.6. The molecule has 1 aliphatic rings. The van der Waals surface area contributed by atoms with Crippen molar-refractivity contribution >= 4 is 17.5 Å². The molecule has 0 saturated heterocycles. The first-order valence-electron chi connectivity index (χ1n) is 8.11. The van der Waals surface area contributed by atoms with Crippen LogP contribution < -0.4 is 0 Å². The SMILES string of the molecule is O=C(C[C@H](SC1CCCC1)c1ccccc1)c1ccccc1. The van der Waals surface area contributed by atoms with Gasteiger partial charge in [0.2, 0.25) is 0 Å². The topological polar surface area (TPSA) is 17.1 Å². The zero-order valence-electron chi connectivity index (χ0n) is 12.8. The summed E-state index contributed by atoms with van der Waals surface area (Å²) in [7, 11) is 0. The van der Waals surface area contributed by atoms with Crippen LogP contribution in [0.25, 0.3) is 0 Å². The molecule has 0 N–H and O–H groups in total. The normalized spacial score (nSPS) is 16.5. The van der Waals surface area contributed by atoms with E-state index < -0.39 is 0 Å². The average molecular weight is 310 g/mol. The molecule has 2 heteroatoms. The highest BCUT2D eigenvalue weighted by atomic mass is 32.2. The molecule has 114 valence electrons. The minimum Gasteiger partial charge on any atom is -0.294 e. The van der Waals surface area contributed by atoms with E-state index in [1.165, 1.54) is 31.2 Å². The lowest BCUT2D eigenvalue weighted by Gasteiger charge is -2.20. The first-order chi connectivity index (χ1) is 10.8. The van der Waals surface area contributed by atoms with E-state index in [0.29, 0.717) is 11.7 Å². The maximum absolute atomic E-state index is 12.6. The first kappa shape index (κ1) is 15.4. The quantitative estimate of drug-likeness (QED) is 0.639. The fourth-order valence-electron chi connectivity index (χ4n) is 3.08. The van der Waals surface area contributed by atoms with Gasteiger partial charge in [0.05, 0.1) is 0 Å². The molecule has 0 spiro atoms. The number of Topliss-reactive ketones (excluding diaryl/α,β-unsaturated/α-hetero) is 1. The molecule has 0 radical (unpaired) electrons. The van der Waals surface area contributed by atoms with E-state index in [1.807, 2.05) is 48.2 Å². The van der Waals surface area contributed by atoms with E-state index >= 15 is 0 Å². The first-order valence-corrected chi connectivity index (χ1v) is 9.06. The van der Waals surface area contributed by atoms with Crippen LogP contribution in [0.2, 0.25) is 0 Å². The molecule has 2 aromatic carbocycles. The fraction of sp³-hybridized carbons (Fsp3) is 0.350. The zero-order chi connectivity index (χ0) is 15.2. The molecule has 0 aromatic heterocycles. The highest BCUT2D eigenvalue weighted by molar-refractivity contribution is 8.00. The molecule has 2 aromatic rings. The third-order valence-electron chi connectivity index (χ3n) is 4.30. The second-order valence-electron chi connectivity index (χ2n) is 5.94. The Bertz CT molecular complexity index is 588. The van der Waals surface area contributed by atoms with Crippen LogP contribution in [0, 0.1) is 0 Å². The van der Waals surface area contributed by atoms with E-state index in [-0.39, 0.29) is 11.0 Å². The molecule has 22 heavy (non-hydrogen) atoms. The van der Waals surface area contributed by atoms with Crippen LogP contribution >= 0.6 is 11.8 Å². The Morgan fingerprint density at radius 1 is 0.955 bits per heavy atom. The predicted molar refractivity (Wildman–Crippen MR) is 94.4 cm³/mol. The molecule has 1 nitrogen and oxygen atoms in total. The summed E-state index contributed by atoms with van der Waals surface area (Å²) < 4.78 is 0. The standard InChI is InChI=1S/C20H22OS/c21-19(16-9-3-1-4-10-16)15-20(17-11-5-2-6-12-17)22-18-13-7-8-14-18/h1-6,9-12,18,20H,7-8,13-15H2/t20-/m0/s1. The Morgan fingerprint density at radius 3 is 2.18 bits per heavy atom. The number of carbonyl (C=O) groups excluding carboxylic acids is 1. The van der Waals surface area contributed by atoms with E-state index in [2.05, 4.69) is 24.3 Å². The Morgan fingerprint density at radius 2 is 1.55 bits per heavy atom. The zero-order valence-corrected chi connectivity index (χ0v) is 13.6. The van der Waals surface area contributed by atoms with Gasteiger partial charge in [0.1, 0.15) is 0 Å². The van der Waals surface area contributed by atoms with Gasteiger partial charge in [-0.15, -0.1) is 11.8 Å². The molecule has 1 saturated carbocycles. The Hall–Kier alpha value is -1.54. The monoisotopic (exact) mass is 310 g/mol. The summed E-state index contributed by atoms with van der Waals surface area (Å²) in [6.07, 6.45) is 5.87. The van der Waals surface area contributed by atoms with Gasteiger partial charge in [-0.1, -0.05) is 73.5 Å². The van der Waals surface area contributed by atoms with Gasteiger partial charge in [-0.25, -0.2) is 0 Å². The third-order valence-corrected chi connectivity index (χ3v) is 5.92. The molecular weight excluding hydrogens is 288 g/mol. The summed E-state index contributed by atoms with van der Waals surface area (Å²) in [5.74, 6) is 0.250. The van der Waals surface area contributed by atoms with Crippen molar-refractivity contribution in [2.45, 2.75) is 42.6 Å². The second-order valence-corrected chi connectivity index (χ2v) is 7.44. The van der Waals surface area contributed by atoms with Crippen LogP contribution in [0.15, 0.2) is 60.7 Å². The smallest absolute Gasteiger partial charge is 0.164 e. The third kappa shape index (κ3) is 4.01. The van der Waals surface area contributed by atoms with Crippen LogP contribution in [0.3, 0.4) is 0 Å². The number of ketones is 1. The van der Waals surface area contributed by atoms with Gasteiger partial charge in [0, 0.05) is 22.5 Å². The molecule has 0 heterocycles. The molecule has 3 rings (SSSR count). The average Bonchev–Trinajstić information content (AvgIpc) is 3.09. The van der Waals surface area contributed by atoms with Crippen molar-refractivity contribution in [1.82, 2.24) is 0 Å². The van der Waals surface area contributed by atoms with Gasteiger partial charge in [0.25, 0.3) is 0 Å². The molecule has 1 aliphatic carbocycles. The van der Waals surface area contributed by atoms with Gasteiger partial charge in [-0.2, -0.15) is 0 Å². The van der Waals surface area contributed by atoms with Crippen molar-refractivity contribution in [3.05, 3.63) is 71.8 Å². The van der Waals surface area contributed by atoms with Crippen LogP contribution in [-0.4, -0.2) is 11.0 Å². The Balaban J connectivity index is 1.74. The van der Waals surface area contributed by atoms with E-state index in [4.69, 9.17) is 0 Å². The van der Waals surface area contributed by atoms with Crippen LogP contribution in [0.4, 0.5) is 0 Å². The van der Waals surface area contributed by atoms with Crippen molar-refractivity contribution in [2.75, 3.05) is 0 Å². The lowest BCUT2D eigenvalue weighted by Crippen LogP contribution is -2.08. The number of thioether (sulfide) groups is 1. The van der Waals surface area contributed by atoms with Gasteiger partial charge >= 0.3 is 0 Å². The largest absolute Gasteiger partial charge is 0.294 e. The number of benzene rings is 2.